The molecule has 1 amide bonds. The van der Waals surface area contributed by atoms with Gasteiger partial charge in [-0.05, 0) is 36.5 Å². The van der Waals surface area contributed by atoms with Crippen molar-refractivity contribution in [1.82, 2.24) is 14.9 Å². The zero-order valence-electron chi connectivity index (χ0n) is 14.4. The molecule has 1 aliphatic rings. The Bertz CT molecular complexity index is 947. The molecule has 26 heavy (non-hydrogen) atoms. The number of halogens is 1. The summed E-state index contributed by atoms with van der Waals surface area (Å²) in [6.07, 6.45) is 5.95. The van der Waals surface area contributed by atoms with Crippen LogP contribution in [0.2, 0.25) is 0 Å². The predicted molar refractivity (Wildman–Crippen MR) is 93.4 cm³/mol. The van der Waals surface area contributed by atoms with Crippen LogP contribution < -0.4 is 5.32 Å². The molecule has 7 heteroatoms. The lowest BCUT2D eigenvalue weighted by molar-refractivity contribution is 0.101. The van der Waals surface area contributed by atoms with Gasteiger partial charge in [0.1, 0.15) is 11.6 Å². The van der Waals surface area contributed by atoms with E-state index < -0.39 is 0 Å². The van der Waals surface area contributed by atoms with E-state index in [2.05, 4.69) is 22.5 Å². The van der Waals surface area contributed by atoms with Gasteiger partial charge in [-0.2, -0.15) is 5.10 Å². The van der Waals surface area contributed by atoms with Crippen LogP contribution in [0.5, 0.6) is 0 Å². The molecule has 0 aliphatic heterocycles. The fourth-order valence-electron chi connectivity index (χ4n) is 3.28. The summed E-state index contributed by atoms with van der Waals surface area (Å²) in [4.78, 5) is 12.5. The summed E-state index contributed by atoms with van der Waals surface area (Å²) in [7, 11) is 0. The van der Waals surface area contributed by atoms with Crippen molar-refractivity contribution in [3.8, 4) is 0 Å². The van der Waals surface area contributed by atoms with Crippen LogP contribution in [0.25, 0.3) is 0 Å². The predicted octanol–water partition coefficient (Wildman–Crippen LogP) is 3.44. The Kier molecular flexibility index (Phi) is 4.28. The molecule has 134 valence electrons. The van der Waals surface area contributed by atoms with E-state index in [4.69, 9.17) is 4.52 Å². The van der Waals surface area contributed by atoms with Crippen LogP contribution in [0.4, 0.5) is 10.1 Å². The second kappa shape index (κ2) is 6.74. The van der Waals surface area contributed by atoms with Gasteiger partial charge in [0.05, 0.1) is 18.4 Å². The highest BCUT2D eigenvalue weighted by Crippen LogP contribution is 2.28. The Balaban J connectivity index is 1.46. The fourth-order valence-corrected chi connectivity index (χ4v) is 3.28. The van der Waals surface area contributed by atoms with E-state index >= 15 is 0 Å². The third kappa shape index (κ3) is 3.37. The van der Waals surface area contributed by atoms with E-state index in [1.165, 1.54) is 12.1 Å². The summed E-state index contributed by atoms with van der Waals surface area (Å²) in [5.74, 6) is 0.750. The molecular formula is C19H19FN4O2. The first-order valence-electron chi connectivity index (χ1n) is 8.64. The lowest BCUT2D eigenvalue weighted by Crippen LogP contribution is -2.17. The van der Waals surface area contributed by atoms with E-state index in [0.717, 1.165) is 36.1 Å². The lowest BCUT2D eigenvalue weighted by atomic mass is 9.88. The van der Waals surface area contributed by atoms with Crippen molar-refractivity contribution < 1.29 is 13.7 Å². The monoisotopic (exact) mass is 354 g/mol. The molecule has 0 saturated carbocycles. The van der Waals surface area contributed by atoms with Crippen molar-refractivity contribution >= 4 is 11.6 Å². The van der Waals surface area contributed by atoms with E-state index in [-0.39, 0.29) is 11.7 Å². The third-order valence-electron chi connectivity index (χ3n) is 4.63. The average Bonchev–Trinajstić information content (AvgIpc) is 3.21. The maximum atomic E-state index is 13.3. The highest BCUT2D eigenvalue weighted by Gasteiger charge is 2.27. The molecular weight excluding hydrogens is 335 g/mol. The summed E-state index contributed by atoms with van der Waals surface area (Å²) in [6, 6.07) is 6.35. The molecule has 1 N–H and O–H groups in total. The zero-order chi connectivity index (χ0) is 18.1. The van der Waals surface area contributed by atoms with Gasteiger partial charge >= 0.3 is 0 Å². The van der Waals surface area contributed by atoms with E-state index in [1.807, 2.05) is 6.07 Å². The molecule has 0 spiro atoms. The summed E-state index contributed by atoms with van der Waals surface area (Å²) >= 11 is 0. The molecule has 1 aliphatic carbocycles. The van der Waals surface area contributed by atoms with Crippen molar-refractivity contribution in [3.63, 3.8) is 0 Å². The molecule has 2 aromatic heterocycles. The third-order valence-corrected chi connectivity index (χ3v) is 4.63. The second-order valence-electron chi connectivity index (χ2n) is 6.79. The highest BCUT2D eigenvalue weighted by atomic mass is 19.1. The first kappa shape index (κ1) is 16.5. The lowest BCUT2D eigenvalue weighted by Gasteiger charge is -2.16. The molecule has 2 heterocycles. The van der Waals surface area contributed by atoms with Gasteiger partial charge in [0.2, 0.25) is 0 Å². The number of fused-ring (bicyclic) bond motifs is 1. The van der Waals surface area contributed by atoms with E-state index in [9.17, 15) is 9.18 Å². The first-order chi connectivity index (χ1) is 12.6. The number of rotatable bonds is 4. The van der Waals surface area contributed by atoms with Gasteiger partial charge in [0, 0.05) is 18.2 Å². The Hall–Kier alpha value is -2.96. The molecule has 6 nitrogen and oxygen atoms in total. The van der Waals surface area contributed by atoms with Crippen LogP contribution >= 0.6 is 0 Å². The van der Waals surface area contributed by atoms with Crippen LogP contribution in [-0.2, 0) is 19.4 Å². The molecule has 4 rings (SSSR count). The number of nitrogens with zero attached hydrogens (tertiary/aromatic N) is 3. The highest BCUT2D eigenvalue weighted by molar-refractivity contribution is 6.03. The van der Waals surface area contributed by atoms with Crippen molar-refractivity contribution in [1.29, 1.82) is 0 Å². The number of amides is 1. The topological polar surface area (TPSA) is 73.0 Å². The Morgan fingerprint density at radius 1 is 1.46 bits per heavy atom. The van der Waals surface area contributed by atoms with Gasteiger partial charge in [-0.3, -0.25) is 9.48 Å². The van der Waals surface area contributed by atoms with Crippen molar-refractivity contribution in [2.75, 3.05) is 5.32 Å². The molecule has 1 atom stereocenters. The SMILES string of the molecule is CC1CCc2onc(C(=O)Nc3cnn(Cc4cccc(F)c4)c3)c2C1. The minimum absolute atomic E-state index is 0.284. The van der Waals surface area contributed by atoms with Crippen LogP contribution in [0.3, 0.4) is 0 Å². The van der Waals surface area contributed by atoms with Crippen LogP contribution in [-0.4, -0.2) is 20.8 Å². The largest absolute Gasteiger partial charge is 0.360 e. The van der Waals surface area contributed by atoms with Crippen LogP contribution in [0, 0.1) is 11.7 Å². The van der Waals surface area contributed by atoms with Gasteiger partial charge in [-0.25, -0.2) is 4.39 Å². The minimum atomic E-state index is -0.297. The number of hydrogen-bond acceptors (Lipinski definition) is 4. The maximum Gasteiger partial charge on any atom is 0.278 e. The second-order valence-corrected chi connectivity index (χ2v) is 6.79. The summed E-state index contributed by atoms with van der Waals surface area (Å²) < 4.78 is 20.2. The number of nitrogens with one attached hydrogen (secondary N) is 1. The molecule has 1 unspecified atom stereocenters. The normalized spacial score (nSPS) is 16.3. The van der Waals surface area contributed by atoms with E-state index in [0.29, 0.717) is 23.8 Å². The number of aromatic nitrogens is 3. The standard InChI is InChI=1S/C19H19FN4O2/c1-12-5-6-17-16(7-12)18(23-26-17)19(25)22-15-9-21-24(11-15)10-13-3-2-4-14(20)8-13/h2-4,8-9,11-12H,5-7,10H2,1H3,(H,22,25). The minimum Gasteiger partial charge on any atom is -0.360 e. The quantitative estimate of drug-likeness (QED) is 0.779. The summed E-state index contributed by atoms with van der Waals surface area (Å²) in [6.45, 7) is 2.58. The fraction of sp³-hybridized carbons (Fsp3) is 0.316. The molecule has 1 aromatic carbocycles. The number of carbonyl (C=O) groups excluding carboxylic acids is 1. The number of carbonyl (C=O) groups is 1. The van der Waals surface area contributed by atoms with Gasteiger partial charge in [-0.15, -0.1) is 0 Å². The smallest absolute Gasteiger partial charge is 0.278 e. The Labute approximate surface area is 150 Å². The Morgan fingerprint density at radius 2 is 2.35 bits per heavy atom. The van der Waals surface area contributed by atoms with Gasteiger partial charge in [0.15, 0.2) is 5.69 Å². The molecule has 0 saturated heterocycles. The summed E-state index contributed by atoms with van der Waals surface area (Å²) in [5, 5.41) is 11.0. The van der Waals surface area contributed by atoms with Crippen LogP contribution in [0.1, 0.15) is 40.7 Å². The zero-order valence-corrected chi connectivity index (χ0v) is 14.4. The Morgan fingerprint density at radius 3 is 3.19 bits per heavy atom. The molecule has 0 fully saturated rings. The number of benzene rings is 1. The van der Waals surface area contributed by atoms with Gasteiger partial charge < -0.3 is 9.84 Å². The van der Waals surface area contributed by atoms with Crippen molar-refractivity contribution in [2.45, 2.75) is 32.7 Å². The number of aryl methyl sites for hydroxylation is 1. The van der Waals surface area contributed by atoms with Gasteiger partial charge in [0.25, 0.3) is 5.91 Å². The summed E-state index contributed by atoms with van der Waals surface area (Å²) in [5.41, 5.74) is 2.62. The number of hydrogen-bond donors (Lipinski definition) is 1. The van der Waals surface area contributed by atoms with Crippen LogP contribution in [0.15, 0.2) is 41.2 Å². The maximum absolute atomic E-state index is 13.3. The molecule has 3 aromatic rings. The molecule has 0 bridgehead atoms. The molecule has 0 radical (unpaired) electrons. The first-order valence-corrected chi connectivity index (χ1v) is 8.64. The van der Waals surface area contributed by atoms with Crippen molar-refractivity contribution in [3.05, 3.63) is 65.1 Å². The number of anilines is 1. The van der Waals surface area contributed by atoms with Crippen molar-refractivity contribution in [2.24, 2.45) is 5.92 Å². The van der Waals surface area contributed by atoms with E-state index in [1.54, 1.807) is 23.1 Å². The average molecular weight is 354 g/mol. The van der Waals surface area contributed by atoms with Gasteiger partial charge in [-0.1, -0.05) is 24.2 Å².